The summed E-state index contributed by atoms with van der Waals surface area (Å²) in [7, 11) is 0. The van der Waals surface area contributed by atoms with Gasteiger partial charge in [0.25, 0.3) is 0 Å². The van der Waals surface area contributed by atoms with Gasteiger partial charge in [-0.1, -0.05) is 71.8 Å². The molecule has 1 nitrogen and oxygen atoms in total. The number of allylic oxidation sites excluding steroid dienone is 10. The van der Waals surface area contributed by atoms with Crippen LogP contribution in [0.3, 0.4) is 0 Å². The van der Waals surface area contributed by atoms with Gasteiger partial charge in [0.15, 0.2) is 0 Å². The Morgan fingerprint density at radius 3 is 1.64 bits per heavy atom. The molecule has 0 amide bonds. The molecule has 4 unspecified atom stereocenters. The second-order valence-electron chi connectivity index (χ2n) is 12.5. The molecular weight excluding hydrogens is 612 g/mol. The Balaban J connectivity index is 0.000000145. The van der Waals surface area contributed by atoms with Crippen molar-refractivity contribution in [2.75, 3.05) is 0 Å². The van der Waals surface area contributed by atoms with Crippen molar-refractivity contribution in [3.05, 3.63) is 143 Å². The van der Waals surface area contributed by atoms with Crippen LogP contribution in [0.25, 0.3) is 12.2 Å². The SMILES string of the molecule is C1=CC([CH-]C2C=Cc3ccccc32)c2ccccc21.C[CH]=[Zr]=[C](C1C=CC2=C1CCCC2)C1C=CC2=C1CCCC2.[CH2-]C=O. The van der Waals surface area contributed by atoms with E-state index in [1.54, 1.807) is 11.1 Å². The van der Waals surface area contributed by atoms with Crippen LogP contribution in [0.1, 0.15) is 92.4 Å². The number of carbonyl (C=O) groups is 1. The number of fused-ring (bicyclic) bond motifs is 2. The molecule has 0 fully saturated rings. The third kappa shape index (κ3) is 6.67. The first-order valence-electron chi connectivity index (χ1n) is 16.5. The Bertz CT molecular complexity index is 1520. The molecule has 0 saturated heterocycles. The summed E-state index contributed by atoms with van der Waals surface area (Å²) in [5, 5.41) is 0. The van der Waals surface area contributed by atoms with Gasteiger partial charge in [-0.15, -0.1) is 24.0 Å². The van der Waals surface area contributed by atoms with E-state index in [0.717, 1.165) is 0 Å². The Labute approximate surface area is 275 Å². The Kier molecular flexibility index (Phi) is 10.5. The van der Waals surface area contributed by atoms with Crippen LogP contribution < -0.4 is 0 Å². The number of aldehydes is 1. The first-order chi connectivity index (χ1) is 21.7. The van der Waals surface area contributed by atoms with Gasteiger partial charge in [0.2, 0.25) is 0 Å². The molecule has 6 aliphatic carbocycles. The van der Waals surface area contributed by atoms with Crippen molar-refractivity contribution in [3.63, 3.8) is 0 Å². The fraction of sp³-hybridized carbons (Fsp3) is 0.310. The standard InChI is InChI=1S/C19H22.C19H15.C2H3O.C2H4.Zr/c2*1-3-7-18-14(5-1)9-11-16(18)13-17-12-10-15-6-2-4-8-19(15)17;1-2-3;1-2;/h9-12,16-17H,1-8H2;1-13,16-17H;2H,1H2;1H,2H3;/q;2*-1;;. The van der Waals surface area contributed by atoms with E-state index >= 15 is 0 Å². The summed E-state index contributed by atoms with van der Waals surface area (Å²) in [5.41, 5.74) is 12.6. The Hall–Kier alpha value is -2.96. The van der Waals surface area contributed by atoms with Crippen LogP contribution in [0.4, 0.5) is 0 Å². The first kappa shape index (κ1) is 31.0. The summed E-state index contributed by atoms with van der Waals surface area (Å²) < 4.78 is 4.47. The molecule has 0 bridgehead atoms. The molecule has 2 heteroatoms. The van der Waals surface area contributed by atoms with Crippen molar-refractivity contribution < 1.29 is 27.1 Å². The molecule has 8 rings (SSSR count). The van der Waals surface area contributed by atoms with Crippen LogP contribution in [0, 0.1) is 25.2 Å². The molecule has 224 valence electrons. The maximum absolute atomic E-state index is 8.69. The van der Waals surface area contributed by atoms with Gasteiger partial charge < -0.3 is 18.1 Å². The minimum Gasteiger partial charge on any atom is -0.343 e. The predicted molar refractivity (Wildman–Crippen MR) is 185 cm³/mol. The fourth-order valence-electron chi connectivity index (χ4n) is 7.89. The zero-order chi connectivity index (χ0) is 30.3. The first-order valence-corrected chi connectivity index (χ1v) is 19.2. The van der Waals surface area contributed by atoms with Gasteiger partial charge in [0.05, 0.1) is 0 Å². The molecule has 2 aromatic carbocycles. The van der Waals surface area contributed by atoms with E-state index < -0.39 is 22.3 Å². The molecule has 2 aromatic rings. The van der Waals surface area contributed by atoms with Crippen LogP contribution in [-0.2, 0) is 27.1 Å². The molecule has 0 aromatic heterocycles. The minimum atomic E-state index is -0.505. The second-order valence-corrected chi connectivity index (χ2v) is 16.0. The fourth-order valence-corrected chi connectivity index (χ4v) is 10.9. The van der Waals surface area contributed by atoms with E-state index in [-0.39, 0.29) is 0 Å². The molecule has 44 heavy (non-hydrogen) atoms. The predicted octanol–water partition coefficient (Wildman–Crippen LogP) is 10.0. The summed E-state index contributed by atoms with van der Waals surface area (Å²) >= 11 is -0.505. The summed E-state index contributed by atoms with van der Waals surface area (Å²) in [5.74, 6) is 2.30. The smallest absolute Gasteiger partial charge is 0.0180 e. The summed E-state index contributed by atoms with van der Waals surface area (Å²) in [6, 6.07) is 17.3. The van der Waals surface area contributed by atoms with Crippen LogP contribution in [0.15, 0.2) is 107 Å². The van der Waals surface area contributed by atoms with Gasteiger partial charge in [-0.05, 0) is 17.4 Å². The Morgan fingerprint density at radius 1 is 0.705 bits per heavy atom. The maximum atomic E-state index is 8.69. The van der Waals surface area contributed by atoms with Gasteiger partial charge in [0.1, 0.15) is 0 Å². The van der Waals surface area contributed by atoms with Crippen LogP contribution in [-0.4, -0.2) is 13.2 Å². The van der Waals surface area contributed by atoms with Crippen molar-refractivity contribution in [1.82, 2.24) is 0 Å². The molecule has 4 atom stereocenters. The van der Waals surface area contributed by atoms with Crippen molar-refractivity contribution in [2.45, 2.75) is 70.1 Å². The van der Waals surface area contributed by atoms with Crippen LogP contribution >= 0.6 is 0 Å². The summed E-state index contributed by atoms with van der Waals surface area (Å²) in [6.07, 6.45) is 33.2. The van der Waals surface area contributed by atoms with E-state index in [1.807, 2.05) is 14.4 Å². The minimum absolute atomic E-state index is 0.442. The molecule has 0 N–H and O–H groups in total. The third-order valence-corrected chi connectivity index (χ3v) is 13.0. The summed E-state index contributed by atoms with van der Waals surface area (Å²) in [6.45, 7) is 5.11. The van der Waals surface area contributed by atoms with Gasteiger partial charge in [-0.2, -0.15) is 0 Å². The number of hydrogen-bond acceptors (Lipinski definition) is 1. The zero-order valence-electron chi connectivity index (χ0n) is 26.1. The second kappa shape index (κ2) is 14.9. The van der Waals surface area contributed by atoms with E-state index in [4.69, 9.17) is 4.79 Å². The zero-order valence-corrected chi connectivity index (χ0v) is 28.5. The largest absolute Gasteiger partial charge is 0.343 e. The molecule has 0 saturated carbocycles. The number of hydrogen-bond donors (Lipinski definition) is 0. The van der Waals surface area contributed by atoms with Gasteiger partial charge in [-0.3, -0.25) is 0 Å². The monoisotopic (exact) mass is 654 g/mol. The molecule has 0 spiro atoms. The van der Waals surface area contributed by atoms with E-state index in [2.05, 4.69) is 121 Å². The molecular formula is C42H44OZr-2. The van der Waals surface area contributed by atoms with Crippen molar-refractivity contribution >= 4 is 25.4 Å². The number of rotatable bonds is 4. The maximum Gasteiger partial charge on any atom is -0.0180 e. The number of carbonyl (C=O) groups excluding carboxylic acids is 1. The average molecular weight is 656 g/mol. The van der Waals surface area contributed by atoms with E-state index in [9.17, 15) is 0 Å². The van der Waals surface area contributed by atoms with Crippen molar-refractivity contribution in [2.24, 2.45) is 11.8 Å². The Morgan fingerprint density at radius 2 is 1.16 bits per heavy atom. The quantitative estimate of drug-likeness (QED) is 0.237. The normalized spacial score (nSPS) is 24.8. The van der Waals surface area contributed by atoms with Gasteiger partial charge in [0, 0.05) is 0 Å². The van der Waals surface area contributed by atoms with E-state index in [0.29, 0.717) is 30.0 Å². The van der Waals surface area contributed by atoms with Gasteiger partial charge >= 0.3 is 146 Å². The number of benzene rings is 2. The molecule has 0 heterocycles. The molecule has 0 radical (unpaired) electrons. The van der Waals surface area contributed by atoms with Gasteiger partial charge in [-0.25, -0.2) is 0 Å². The topological polar surface area (TPSA) is 17.1 Å². The van der Waals surface area contributed by atoms with Crippen LogP contribution in [0.5, 0.6) is 0 Å². The van der Waals surface area contributed by atoms with Crippen molar-refractivity contribution in [3.8, 4) is 0 Å². The third-order valence-electron chi connectivity index (χ3n) is 9.91. The van der Waals surface area contributed by atoms with Crippen molar-refractivity contribution in [1.29, 1.82) is 0 Å². The summed E-state index contributed by atoms with van der Waals surface area (Å²) in [4.78, 5) is 8.69. The average Bonchev–Trinajstić information content (AvgIpc) is 3.87. The van der Waals surface area contributed by atoms with Crippen LogP contribution in [0.2, 0.25) is 0 Å². The van der Waals surface area contributed by atoms with E-state index in [1.165, 1.54) is 73.6 Å². The molecule has 6 aliphatic rings. The molecule has 0 aliphatic heterocycles.